The highest BCUT2D eigenvalue weighted by Crippen LogP contribution is 2.19. The smallest absolute Gasteiger partial charge is 0.161 e. The number of likely N-dealkylation sites (N-methyl/N-ethyl adjacent to an activating group) is 1. The lowest BCUT2D eigenvalue weighted by Crippen LogP contribution is -2.36. The lowest BCUT2D eigenvalue weighted by Gasteiger charge is -2.22. The van der Waals surface area contributed by atoms with Crippen molar-refractivity contribution >= 4 is 24.0 Å². The molecule has 1 radical (unpaired) electrons. The summed E-state index contributed by atoms with van der Waals surface area (Å²) in [4.78, 5) is 2.02. The van der Waals surface area contributed by atoms with Crippen molar-refractivity contribution in [3.63, 3.8) is 0 Å². The van der Waals surface area contributed by atoms with Crippen molar-refractivity contribution < 1.29 is 0 Å². The van der Waals surface area contributed by atoms with Crippen LogP contribution in [0.5, 0.6) is 0 Å². The molecule has 0 aliphatic carbocycles. The van der Waals surface area contributed by atoms with Crippen LogP contribution in [0, 0.1) is 0 Å². The van der Waals surface area contributed by atoms with Gasteiger partial charge in [-0.1, -0.05) is 11.6 Å². The Kier molecular flexibility index (Phi) is 3.23. The van der Waals surface area contributed by atoms with E-state index in [1.54, 1.807) is 0 Å². The van der Waals surface area contributed by atoms with Gasteiger partial charge in [0.15, 0.2) is 5.12 Å². The summed E-state index contributed by atoms with van der Waals surface area (Å²) in [6.45, 7) is 3.76. The van der Waals surface area contributed by atoms with E-state index in [0.29, 0.717) is 0 Å². The van der Waals surface area contributed by atoms with E-state index in [1.165, 1.54) is 0 Å². The van der Waals surface area contributed by atoms with Gasteiger partial charge in [0, 0.05) is 13.1 Å². The Morgan fingerprint density at radius 3 is 2.33 bits per heavy atom. The molecule has 4 heteroatoms. The van der Waals surface area contributed by atoms with Crippen molar-refractivity contribution in [2.45, 2.75) is 12.0 Å². The van der Waals surface area contributed by atoms with E-state index in [0.717, 1.165) is 13.1 Å². The predicted octanol–water partition coefficient (Wildman–Crippen LogP) is 0.870. The SMILES string of the molecule is CN1CC[N]C1(C)Cl.Cl. The summed E-state index contributed by atoms with van der Waals surface area (Å²) in [6, 6.07) is 0. The molecule has 1 rings (SSSR count). The fraction of sp³-hybridized carbons (Fsp3) is 1.00. The number of hydrogen-bond donors (Lipinski definition) is 0. The first-order chi connectivity index (χ1) is 3.63. The van der Waals surface area contributed by atoms with E-state index < -0.39 is 5.12 Å². The maximum atomic E-state index is 5.88. The number of rotatable bonds is 0. The van der Waals surface area contributed by atoms with Crippen molar-refractivity contribution in [2.24, 2.45) is 0 Å². The van der Waals surface area contributed by atoms with Crippen LogP contribution < -0.4 is 5.32 Å². The van der Waals surface area contributed by atoms with E-state index in [2.05, 4.69) is 5.32 Å². The first-order valence-corrected chi connectivity index (χ1v) is 3.09. The van der Waals surface area contributed by atoms with Gasteiger partial charge in [-0.05, 0) is 14.0 Å². The summed E-state index contributed by atoms with van der Waals surface area (Å²) in [7, 11) is 1.98. The van der Waals surface area contributed by atoms with Crippen LogP contribution >= 0.6 is 24.0 Å². The van der Waals surface area contributed by atoms with Crippen molar-refractivity contribution in [2.75, 3.05) is 20.1 Å². The van der Waals surface area contributed by atoms with Crippen LogP contribution in [-0.2, 0) is 0 Å². The highest BCUT2D eigenvalue weighted by atomic mass is 35.5. The minimum Gasteiger partial charge on any atom is -0.274 e. The molecule has 0 aromatic heterocycles. The van der Waals surface area contributed by atoms with Crippen LogP contribution in [0.15, 0.2) is 0 Å². The molecular weight excluding hydrogens is 159 g/mol. The topological polar surface area (TPSA) is 17.3 Å². The molecule has 0 amide bonds. The molecule has 0 spiro atoms. The van der Waals surface area contributed by atoms with Crippen LogP contribution in [0.2, 0.25) is 0 Å². The largest absolute Gasteiger partial charge is 0.274 e. The molecule has 1 aliphatic rings. The lowest BCUT2D eigenvalue weighted by atomic mass is 10.5. The second-order valence-electron chi connectivity index (χ2n) is 2.21. The van der Waals surface area contributed by atoms with E-state index in [9.17, 15) is 0 Å². The Bertz CT molecular complexity index is 95.0. The van der Waals surface area contributed by atoms with Gasteiger partial charge in [0.05, 0.1) is 0 Å². The van der Waals surface area contributed by atoms with Crippen molar-refractivity contribution in [3.05, 3.63) is 0 Å². The van der Waals surface area contributed by atoms with Gasteiger partial charge >= 0.3 is 0 Å². The molecule has 0 aromatic carbocycles. The Morgan fingerprint density at radius 1 is 1.67 bits per heavy atom. The molecule has 2 nitrogen and oxygen atoms in total. The Balaban J connectivity index is 0.000000640. The molecule has 9 heavy (non-hydrogen) atoms. The summed E-state index contributed by atoms with van der Waals surface area (Å²) in [6.07, 6.45) is 0. The van der Waals surface area contributed by atoms with Gasteiger partial charge in [-0.3, -0.25) is 4.90 Å². The van der Waals surface area contributed by atoms with Crippen molar-refractivity contribution in [3.8, 4) is 0 Å². The van der Waals surface area contributed by atoms with Crippen LogP contribution in [0.1, 0.15) is 6.92 Å². The fourth-order valence-electron chi connectivity index (χ4n) is 0.729. The molecule has 1 atom stereocenters. The number of nitrogens with zero attached hydrogens (tertiary/aromatic N) is 2. The fourth-order valence-corrected chi connectivity index (χ4v) is 0.898. The normalized spacial score (nSPS) is 36.3. The summed E-state index contributed by atoms with van der Waals surface area (Å²) < 4.78 is 0. The first-order valence-electron chi connectivity index (χ1n) is 2.72. The van der Waals surface area contributed by atoms with Gasteiger partial charge in [0.25, 0.3) is 0 Å². The van der Waals surface area contributed by atoms with Crippen LogP contribution in [0.25, 0.3) is 0 Å². The molecule has 0 saturated carbocycles. The molecular formula is C5H11Cl2N2. The minimum absolute atomic E-state index is 0. The van der Waals surface area contributed by atoms with Crippen LogP contribution in [-0.4, -0.2) is 30.2 Å². The molecule has 1 heterocycles. The molecule has 1 saturated heterocycles. The summed E-state index contributed by atoms with van der Waals surface area (Å²) in [5.41, 5.74) is 0. The highest BCUT2D eigenvalue weighted by Gasteiger charge is 2.31. The Labute approximate surface area is 67.0 Å². The zero-order valence-electron chi connectivity index (χ0n) is 5.59. The minimum atomic E-state index is -0.417. The molecule has 55 valence electrons. The molecule has 1 unspecified atom stereocenters. The first kappa shape index (κ1) is 9.50. The second kappa shape index (κ2) is 3.06. The average molecular weight is 170 g/mol. The summed E-state index contributed by atoms with van der Waals surface area (Å²) in [5, 5.41) is 3.72. The Morgan fingerprint density at radius 2 is 2.22 bits per heavy atom. The van der Waals surface area contributed by atoms with Crippen molar-refractivity contribution in [1.82, 2.24) is 10.2 Å². The summed E-state index contributed by atoms with van der Waals surface area (Å²) in [5.74, 6) is 0. The van der Waals surface area contributed by atoms with E-state index >= 15 is 0 Å². The van der Waals surface area contributed by atoms with Crippen LogP contribution in [0.3, 0.4) is 0 Å². The van der Waals surface area contributed by atoms with Gasteiger partial charge < -0.3 is 0 Å². The molecule has 0 bridgehead atoms. The molecule has 0 aromatic rings. The number of halogens is 2. The van der Waals surface area contributed by atoms with E-state index in [1.807, 2.05) is 18.9 Å². The third-order valence-corrected chi connectivity index (χ3v) is 1.94. The zero-order chi connectivity index (χ0) is 6.20. The third-order valence-electron chi connectivity index (χ3n) is 1.53. The van der Waals surface area contributed by atoms with Crippen molar-refractivity contribution in [1.29, 1.82) is 0 Å². The van der Waals surface area contributed by atoms with E-state index in [-0.39, 0.29) is 12.4 Å². The lowest BCUT2D eigenvalue weighted by molar-refractivity contribution is 0.268. The molecule has 1 aliphatic heterocycles. The number of hydrogen-bond acceptors (Lipinski definition) is 1. The monoisotopic (exact) mass is 169 g/mol. The summed E-state index contributed by atoms with van der Waals surface area (Å²) >= 11 is 5.88. The van der Waals surface area contributed by atoms with Gasteiger partial charge in [-0.15, -0.1) is 12.4 Å². The van der Waals surface area contributed by atoms with Crippen LogP contribution in [0.4, 0.5) is 0 Å². The molecule has 0 N–H and O–H groups in total. The maximum Gasteiger partial charge on any atom is 0.161 e. The third kappa shape index (κ3) is 1.97. The van der Waals surface area contributed by atoms with Gasteiger partial charge in [-0.25, -0.2) is 5.32 Å². The van der Waals surface area contributed by atoms with Gasteiger partial charge in [-0.2, -0.15) is 0 Å². The molecule has 1 fully saturated rings. The number of alkyl halides is 1. The van der Waals surface area contributed by atoms with Gasteiger partial charge in [0.1, 0.15) is 0 Å². The highest BCUT2D eigenvalue weighted by molar-refractivity contribution is 6.23. The average Bonchev–Trinajstić information content (AvgIpc) is 1.86. The van der Waals surface area contributed by atoms with Gasteiger partial charge in [0.2, 0.25) is 0 Å². The Hall–Kier alpha value is 0.500. The second-order valence-corrected chi connectivity index (χ2v) is 2.92. The quantitative estimate of drug-likeness (QED) is 0.389. The zero-order valence-corrected chi connectivity index (χ0v) is 7.17. The van der Waals surface area contributed by atoms with E-state index in [4.69, 9.17) is 11.6 Å². The predicted molar refractivity (Wildman–Crippen MR) is 41.1 cm³/mol. The maximum absolute atomic E-state index is 5.88. The standard InChI is InChI=1S/C5H10ClN2.ClH/c1-5(6)7-3-4-8(5)2;/h3-4H2,1-2H3;1H.